The van der Waals surface area contributed by atoms with Crippen LogP contribution in [0.4, 0.5) is 8.78 Å². The number of hydrogen-bond donors (Lipinski definition) is 0. The van der Waals surface area contributed by atoms with Gasteiger partial charge in [-0.1, -0.05) is 12.1 Å². The third-order valence-electron chi connectivity index (χ3n) is 3.18. The molecule has 3 rings (SSSR count). The zero-order chi connectivity index (χ0) is 13.4. The second kappa shape index (κ2) is 4.46. The zero-order valence-electron chi connectivity index (χ0n) is 10.4. The fourth-order valence-corrected chi connectivity index (χ4v) is 2.23. The Morgan fingerprint density at radius 2 is 1.89 bits per heavy atom. The molecule has 0 saturated heterocycles. The molecule has 0 aliphatic rings. The molecular formula is C15H12F2N2. The number of para-hydroxylation sites is 2. The van der Waals surface area contributed by atoms with Gasteiger partial charge in [0.05, 0.1) is 17.6 Å². The van der Waals surface area contributed by atoms with E-state index in [1.165, 1.54) is 6.07 Å². The third kappa shape index (κ3) is 2.10. The van der Waals surface area contributed by atoms with Crippen molar-refractivity contribution >= 4 is 11.0 Å². The zero-order valence-corrected chi connectivity index (χ0v) is 10.4. The minimum absolute atomic E-state index is 0.274. The summed E-state index contributed by atoms with van der Waals surface area (Å²) in [5.74, 6) is -0.0538. The molecule has 0 bridgehead atoms. The van der Waals surface area contributed by atoms with Crippen molar-refractivity contribution in [3.8, 4) is 0 Å². The number of benzene rings is 2. The number of imidazole rings is 1. The summed E-state index contributed by atoms with van der Waals surface area (Å²) in [5, 5.41) is 0. The average molecular weight is 258 g/mol. The predicted octanol–water partition coefficient (Wildman–Crippen LogP) is 3.67. The van der Waals surface area contributed by atoms with Crippen molar-refractivity contribution in [3.63, 3.8) is 0 Å². The molecule has 96 valence electrons. The molecule has 2 aromatic carbocycles. The lowest BCUT2D eigenvalue weighted by Crippen LogP contribution is -2.04. The first-order valence-electron chi connectivity index (χ1n) is 6.01. The van der Waals surface area contributed by atoms with Gasteiger partial charge in [-0.15, -0.1) is 0 Å². The van der Waals surface area contributed by atoms with E-state index < -0.39 is 11.6 Å². The van der Waals surface area contributed by atoms with Crippen molar-refractivity contribution in [2.75, 3.05) is 0 Å². The molecule has 19 heavy (non-hydrogen) atoms. The summed E-state index contributed by atoms with van der Waals surface area (Å²) in [5.41, 5.74) is 2.10. The van der Waals surface area contributed by atoms with Crippen molar-refractivity contribution in [1.82, 2.24) is 9.55 Å². The van der Waals surface area contributed by atoms with Gasteiger partial charge in [0.15, 0.2) is 0 Å². The molecule has 0 unspecified atom stereocenters. The highest BCUT2D eigenvalue weighted by Crippen LogP contribution is 2.19. The van der Waals surface area contributed by atoms with E-state index in [0.29, 0.717) is 5.56 Å². The maximum absolute atomic E-state index is 13.7. The molecule has 1 aromatic heterocycles. The van der Waals surface area contributed by atoms with E-state index in [-0.39, 0.29) is 6.54 Å². The molecule has 0 aliphatic heterocycles. The Hall–Kier alpha value is -2.23. The van der Waals surface area contributed by atoms with Crippen molar-refractivity contribution in [2.24, 2.45) is 0 Å². The summed E-state index contributed by atoms with van der Waals surface area (Å²) >= 11 is 0. The van der Waals surface area contributed by atoms with E-state index in [2.05, 4.69) is 4.98 Å². The topological polar surface area (TPSA) is 17.8 Å². The van der Waals surface area contributed by atoms with Gasteiger partial charge in [-0.25, -0.2) is 13.8 Å². The fourth-order valence-electron chi connectivity index (χ4n) is 2.23. The van der Waals surface area contributed by atoms with Crippen molar-refractivity contribution < 1.29 is 8.78 Å². The van der Waals surface area contributed by atoms with Gasteiger partial charge in [-0.2, -0.15) is 0 Å². The second-order valence-corrected chi connectivity index (χ2v) is 4.47. The van der Waals surface area contributed by atoms with Crippen LogP contribution < -0.4 is 0 Å². The van der Waals surface area contributed by atoms with Gasteiger partial charge in [0, 0.05) is 5.56 Å². The molecule has 0 aliphatic carbocycles. The number of aryl methyl sites for hydroxylation is 1. The Morgan fingerprint density at radius 1 is 1.11 bits per heavy atom. The van der Waals surface area contributed by atoms with Crippen LogP contribution in [0.2, 0.25) is 0 Å². The largest absolute Gasteiger partial charge is 0.324 e. The minimum Gasteiger partial charge on any atom is -0.324 e. The molecule has 0 saturated carbocycles. The summed E-state index contributed by atoms with van der Waals surface area (Å²) in [6.07, 6.45) is 0. The predicted molar refractivity (Wildman–Crippen MR) is 69.9 cm³/mol. The van der Waals surface area contributed by atoms with Crippen LogP contribution in [0.3, 0.4) is 0 Å². The van der Waals surface area contributed by atoms with Crippen LogP contribution in [-0.2, 0) is 6.54 Å². The smallest absolute Gasteiger partial charge is 0.128 e. The molecule has 4 heteroatoms. The lowest BCUT2D eigenvalue weighted by molar-refractivity contribution is 0.577. The Bertz CT molecular complexity index is 747. The number of hydrogen-bond acceptors (Lipinski definition) is 1. The van der Waals surface area contributed by atoms with Gasteiger partial charge in [-0.3, -0.25) is 0 Å². The van der Waals surface area contributed by atoms with Crippen LogP contribution in [0, 0.1) is 18.6 Å². The van der Waals surface area contributed by atoms with Crippen LogP contribution in [0.15, 0.2) is 42.5 Å². The number of halogens is 2. The van der Waals surface area contributed by atoms with Crippen LogP contribution >= 0.6 is 0 Å². The van der Waals surface area contributed by atoms with Gasteiger partial charge < -0.3 is 4.57 Å². The van der Waals surface area contributed by atoms with Crippen LogP contribution in [0.25, 0.3) is 11.0 Å². The first-order chi connectivity index (χ1) is 9.15. The van der Waals surface area contributed by atoms with Crippen LogP contribution in [-0.4, -0.2) is 9.55 Å². The summed E-state index contributed by atoms with van der Waals surface area (Å²) < 4.78 is 28.8. The Labute approximate surface area is 109 Å². The van der Waals surface area contributed by atoms with E-state index in [1.54, 1.807) is 0 Å². The maximum Gasteiger partial charge on any atom is 0.128 e. The quantitative estimate of drug-likeness (QED) is 0.685. The van der Waals surface area contributed by atoms with Crippen molar-refractivity contribution in [1.29, 1.82) is 0 Å². The van der Waals surface area contributed by atoms with E-state index in [0.717, 1.165) is 29.0 Å². The van der Waals surface area contributed by atoms with Crippen LogP contribution in [0.5, 0.6) is 0 Å². The van der Waals surface area contributed by atoms with E-state index in [9.17, 15) is 8.78 Å². The normalized spacial score (nSPS) is 11.1. The molecule has 0 radical (unpaired) electrons. The van der Waals surface area contributed by atoms with Gasteiger partial charge in [0.1, 0.15) is 17.5 Å². The highest BCUT2D eigenvalue weighted by Gasteiger charge is 2.10. The van der Waals surface area contributed by atoms with Gasteiger partial charge in [0.25, 0.3) is 0 Å². The number of aromatic nitrogens is 2. The Morgan fingerprint density at radius 3 is 2.74 bits per heavy atom. The summed E-state index contributed by atoms with van der Waals surface area (Å²) in [6.45, 7) is 2.13. The number of nitrogens with zero attached hydrogens (tertiary/aromatic N) is 2. The van der Waals surface area contributed by atoms with E-state index in [4.69, 9.17) is 0 Å². The van der Waals surface area contributed by atoms with E-state index in [1.807, 2.05) is 35.8 Å². The molecule has 3 aromatic rings. The van der Waals surface area contributed by atoms with Crippen molar-refractivity contribution in [2.45, 2.75) is 13.5 Å². The second-order valence-electron chi connectivity index (χ2n) is 4.47. The highest BCUT2D eigenvalue weighted by atomic mass is 19.1. The molecule has 0 N–H and O–H groups in total. The van der Waals surface area contributed by atoms with Gasteiger partial charge in [-0.05, 0) is 37.3 Å². The SMILES string of the molecule is Cc1nc2ccccc2n1Cc1cc(F)ccc1F. The number of rotatable bonds is 2. The van der Waals surface area contributed by atoms with Gasteiger partial charge in [0.2, 0.25) is 0 Å². The Kier molecular flexibility index (Phi) is 2.78. The van der Waals surface area contributed by atoms with E-state index >= 15 is 0 Å². The van der Waals surface area contributed by atoms with Crippen LogP contribution in [0.1, 0.15) is 11.4 Å². The summed E-state index contributed by atoms with van der Waals surface area (Å²) in [4.78, 5) is 4.41. The standard InChI is InChI=1S/C15H12F2N2/c1-10-18-14-4-2-3-5-15(14)19(10)9-11-8-12(16)6-7-13(11)17/h2-8H,9H2,1H3. The minimum atomic E-state index is -0.432. The number of fused-ring (bicyclic) bond motifs is 1. The maximum atomic E-state index is 13.7. The summed E-state index contributed by atoms with van der Waals surface area (Å²) in [7, 11) is 0. The first-order valence-corrected chi connectivity index (χ1v) is 6.01. The molecule has 0 fully saturated rings. The van der Waals surface area contributed by atoms with Gasteiger partial charge >= 0.3 is 0 Å². The average Bonchev–Trinajstić information content (AvgIpc) is 2.71. The monoisotopic (exact) mass is 258 g/mol. The highest BCUT2D eigenvalue weighted by molar-refractivity contribution is 5.75. The Balaban J connectivity index is 2.10. The lowest BCUT2D eigenvalue weighted by atomic mass is 10.2. The molecule has 0 spiro atoms. The lowest BCUT2D eigenvalue weighted by Gasteiger charge is -2.08. The molecular weight excluding hydrogens is 246 g/mol. The summed E-state index contributed by atoms with van der Waals surface area (Å²) in [6, 6.07) is 11.1. The molecule has 2 nitrogen and oxygen atoms in total. The fraction of sp³-hybridized carbons (Fsp3) is 0.133. The first kappa shape index (κ1) is 11.8. The molecule has 0 atom stereocenters. The van der Waals surface area contributed by atoms with Crippen molar-refractivity contribution in [3.05, 3.63) is 65.5 Å². The molecule has 0 amide bonds. The third-order valence-corrected chi connectivity index (χ3v) is 3.18. The molecule has 1 heterocycles.